The topological polar surface area (TPSA) is 68.8 Å². The number of amides is 1. The van der Waals surface area contributed by atoms with Crippen LogP contribution >= 0.6 is 0 Å². The number of carbonyl (C=O) groups excluding carboxylic acids is 1. The second-order valence-corrected chi connectivity index (χ2v) is 5.35. The molecule has 0 radical (unpaired) electrons. The van der Waals surface area contributed by atoms with E-state index < -0.39 is 0 Å². The van der Waals surface area contributed by atoms with E-state index >= 15 is 0 Å². The molecule has 2 rings (SSSR count). The molecule has 0 atom stereocenters. The molecular weight excluding hydrogens is 320 g/mol. The second kappa shape index (κ2) is 8.82. The Morgan fingerprint density at radius 3 is 2.36 bits per heavy atom. The average Bonchev–Trinajstić information content (AvgIpc) is 2.62. The molecular formula is C19H24N2O4. The van der Waals surface area contributed by atoms with Gasteiger partial charge in [-0.1, -0.05) is 12.1 Å². The van der Waals surface area contributed by atoms with Crippen molar-refractivity contribution >= 4 is 17.3 Å². The Balaban J connectivity index is 2.03. The molecule has 2 N–H and O–H groups in total. The summed E-state index contributed by atoms with van der Waals surface area (Å²) >= 11 is 0. The maximum Gasteiger partial charge on any atom is 0.243 e. The van der Waals surface area contributed by atoms with Crippen LogP contribution in [0, 0.1) is 6.92 Å². The summed E-state index contributed by atoms with van der Waals surface area (Å²) in [5, 5.41) is 5.98. The van der Waals surface area contributed by atoms with Crippen LogP contribution in [-0.2, 0) is 4.79 Å². The third kappa shape index (κ3) is 4.79. The monoisotopic (exact) mass is 344 g/mol. The quantitative estimate of drug-likeness (QED) is 0.767. The molecule has 0 aliphatic rings. The molecule has 6 nitrogen and oxygen atoms in total. The first-order valence-corrected chi connectivity index (χ1v) is 8.07. The van der Waals surface area contributed by atoms with Crippen molar-refractivity contribution in [1.29, 1.82) is 0 Å². The van der Waals surface area contributed by atoms with Gasteiger partial charge in [0, 0.05) is 11.8 Å². The van der Waals surface area contributed by atoms with E-state index in [4.69, 9.17) is 14.2 Å². The van der Waals surface area contributed by atoms with Gasteiger partial charge >= 0.3 is 0 Å². The predicted octanol–water partition coefficient (Wildman–Crippen LogP) is 3.46. The number of para-hydroxylation sites is 2. The minimum atomic E-state index is -0.165. The molecule has 0 saturated heterocycles. The van der Waals surface area contributed by atoms with Crippen molar-refractivity contribution in [2.24, 2.45) is 0 Å². The normalized spacial score (nSPS) is 10.1. The van der Waals surface area contributed by atoms with Gasteiger partial charge in [0.1, 0.15) is 5.75 Å². The molecule has 2 aromatic rings. The highest BCUT2D eigenvalue weighted by Crippen LogP contribution is 2.32. The number of nitrogens with one attached hydrogen (secondary N) is 2. The smallest absolute Gasteiger partial charge is 0.243 e. The second-order valence-electron chi connectivity index (χ2n) is 5.35. The van der Waals surface area contributed by atoms with Crippen LogP contribution in [0.1, 0.15) is 12.5 Å². The zero-order chi connectivity index (χ0) is 18.2. The van der Waals surface area contributed by atoms with Gasteiger partial charge in [-0.15, -0.1) is 0 Å². The highest BCUT2D eigenvalue weighted by Gasteiger charge is 2.11. The van der Waals surface area contributed by atoms with Crippen molar-refractivity contribution in [2.75, 3.05) is 38.0 Å². The summed E-state index contributed by atoms with van der Waals surface area (Å²) in [5.74, 6) is 1.75. The Kier molecular flexibility index (Phi) is 6.51. The number of rotatable bonds is 8. The third-order valence-electron chi connectivity index (χ3n) is 3.63. The van der Waals surface area contributed by atoms with Gasteiger partial charge in [-0.25, -0.2) is 0 Å². The predicted molar refractivity (Wildman–Crippen MR) is 99.0 cm³/mol. The van der Waals surface area contributed by atoms with Gasteiger partial charge in [0.2, 0.25) is 5.91 Å². The van der Waals surface area contributed by atoms with Gasteiger partial charge in [0.15, 0.2) is 11.5 Å². The molecule has 0 saturated carbocycles. The molecule has 0 unspecified atom stereocenters. The van der Waals surface area contributed by atoms with Crippen LogP contribution in [0.3, 0.4) is 0 Å². The van der Waals surface area contributed by atoms with Crippen molar-refractivity contribution in [3.8, 4) is 17.2 Å². The minimum absolute atomic E-state index is 0.122. The zero-order valence-electron chi connectivity index (χ0n) is 15.0. The number of hydrogen-bond acceptors (Lipinski definition) is 5. The summed E-state index contributed by atoms with van der Waals surface area (Å²) in [6.07, 6.45) is 0. The van der Waals surface area contributed by atoms with Crippen LogP contribution in [0.25, 0.3) is 0 Å². The Morgan fingerprint density at radius 1 is 1.00 bits per heavy atom. The number of hydrogen-bond donors (Lipinski definition) is 2. The molecule has 25 heavy (non-hydrogen) atoms. The van der Waals surface area contributed by atoms with E-state index in [0.29, 0.717) is 29.5 Å². The summed E-state index contributed by atoms with van der Waals surface area (Å²) in [5.41, 5.74) is 2.42. The molecule has 0 fully saturated rings. The lowest BCUT2D eigenvalue weighted by Crippen LogP contribution is -2.22. The van der Waals surface area contributed by atoms with E-state index in [9.17, 15) is 4.79 Å². The largest absolute Gasteiger partial charge is 0.493 e. The lowest BCUT2D eigenvalue weighted by atomic mass is 10.1. The molecule has 0 aliphatic heterocycles. The molecule has 2 aromatic carbocycles. The Hall–Kier alpha value is -2.89. The molecule has 0 heterocycles. The third-order valence-corrected chi connectivity index (χ3v) is 3.63. The molecule has 134 valence electrons. The first-order valence-electron chi connectivity index (χ1n) is 8.07. The van der Waals surface area contributed by atoms with Crippen molar-refractivity contribution in [2.45, 2.75) is 13.8 Å². The minimum Gasteiger partial charge on any atom is -0.493 e. The average molecular weight is 344 g/mol. The van der Waals surface area contributed by atoms with Gasteiger partial charge in [0.05, 0.1) is 33.1 Å². The first kappa shape index (κ1) is 18.4. The van der Waals surface area contributed by atoms with Crippen LogP contribution in [0.15, 0.2) is 36.4 Å². The summed E-state index contributed by atoms with van der Waals surface area (Å²) in [7, 11) is 3.17. The molecule has 0 bridgehead atoms. The van der Waals surface area contributed by atoms with Gasteiger partial charge < -0.3 is 24.8 Å². The fourth-order valence-corrected chi connectivity index (χ4v) is 2.39. The Morgan fingerprint density at radius 2 is 1.68 bits per heavy atom. The highest BCUT2D eigenvalue weighted by atomic mass is 16.5. The van der Waals surface area contributed by atoms with Gasteiger partial charge in [-0.2, -0.15) is 0 Å². The Labute approximate surface area is 148 Å². The van der Waals surface area contributed by atoms with Crippen LogP contribution in [0.2, 0.25) is 0 Å². The van der Waals surface area contributed by atoms with Gasteiger partial charge in [-0.05, 0) is 37.6 Å². The van der Waals surface area contributed by atoms with E-state index in [1.807, 2.05) is 50.2 Å². The van der Waals surface area contributed by atoms with Crippen molar-refractivity contribution < 1.29 is 19.0 Å². The van der Waals surface area contributed by atoms with Crippen LogP contribution < -0.4 is 24.8 Å². The van der Waals surface area contributed by atoms with E-state index in [1.165, 1.54) is 0 Å². The van der Waals surface area contributed by atoms with E-state index in [2.05, 4.69) is 10.6 Å². The maximum atomic E-state index is 12.2. The Bertz CT molecular complexity index is 731. The summed E-state index contributed by atoms with van der Waals surface area (Å²) in [6, 6.07) is 11.0. The number of carbonyl (C=O) groups is 1. The van der Waals surface area contributed by atoms with Crippen molar-refractivity contribution in [3.63, 3.8) is 0 Å². The highest BCUT2D eigenvalue weighted by molar-refractivity contribution is 5.95. The zero-order valence-corrected chi connectivity index (χ0v) is 15.0. The number of anilines is 2. The van der Waals surface area contributed by atoms with E-state index in [1.54, 1.807) is 14.2 Å². The molecule has 1 amide bonds. The standard InChI is InChI=1S/C19H24N2O4/c1-5-25-16-9-7-6-8-14(16)21-19(22)12-20-15-11-18(24-4)17(23-3)10-13(15)2/h6-11,20H,5,12H2,1-4H3,(H,21,22). The number of ether oxygens (including phenoxy) is 3. The molecule has 0 aliphatic carbocycles. The van der Waals surface area contributed by atoms with Gasteiger partial charge in [0.25, 0.3) is 0 Å². The number of methoxy groups -OCH3 is 2. The van der Waals surface area contributed by atoms with Crippen LogP contribution in [-0.4, -0.2) is 33.3 Å². The molecule has 6 heteroatoms. The fraction of sp³-hybridized carbons (Fsp3) is 0.316. The lowest BCUT2D eigenvalue weighted by molar-refractivity contribution is -0.114. The first-order chi connectivity index (χ1) is 12.1. The lowest BCUT2D eigenvalue weighted by Gasteiger charge is -2.15. The number of benzene rings is 2. The van der Waals surface area contributed by atoms with Crippen LogP contribution in [0.4, 0.5) is 11.4 Å². The SMILES string of the molecule is CCOc1ccccc1NC(=O)CNc1cc(OC)c(OC)cc1C. The molecule has 0 aromatic heterocycles. The van der Waals surface area contributed by atoms with E-state index in [-0.39, 0.29) is 12.5 Å². The molecule has 0 spiro atoms. The van der Waals surface area contributed by atoms with Gasteiger partial charge in [-0.3, -0.25) is 4.79 Å². The van der Waals surface area contributed by atoms with Crippen LogP contribution in [0.5, 0.6) is 17.2 Å². The fourth-order valence-electron chi connectivity index (χ4n) is 2.39. The van der Waals surface area contributed by atoms with Crippen molar-refractivity contribution in [3.05, 3.63) is 42.0 Å². The van der Waals surface area contributed by atoms with Crippen molar-refractivity contribution in [1.82, 2.24) is 0 Å². The summed E-state index contributed by atoms with van der Waals surface area (Å²) in [4.78, 5) is 12.2. The summed E-state index contributed by atoms with van der Waals surface area (Å²) < 4.78 is 16.1. The number of aryl methyl sites for hydroxylation is 1. The summed E-state index contributed by atoms with van der Waals surface area (Å²) in [6.45, 7) is 4.50. The van der Waals surface area contributed by atoms with E-state index in [0.717, 1.165) is 11.3 Å². The maximum absolute atomic E-state index is 12.2.